The summed E-state index contributed by atoms with van der Waals surface area (Å²) in [4.78, 5) is 21.5. The SMILES string of the molecule is CC(C)Oc1ccccc1NC(=O)c1cc(Nc2cccc3cccnc23)ccn1. The van der Waals surface area contributed by atoms with Gasteiger partial charge in [-0.2, -0.15) is 0 Å². The van der Waals surface area contributed by atoms with Gasteiger partial charge < -0.3 is 15.4 Å². The minimum atomic E-state index is -0.311. The van der Waals surface area contributed by atoms with Crippen LogP contribution in [0.4, 0.5) is 17.1 Å². The molecule has 0 aliphatic heterocycles. The summed E-state index contributed by atoms with van der Waals surface area (Å²) in [6.45, 7) is 3.88. The van der Waals surface area contributed by atoms with E-state index in [2.05, 4.69) is 20.6 Å². The second kappa shape index (κ2) is 8.61. The molecular formula is C24H22N4O2. The maximum atomic E-state index is 12.8. The lowest BCUT2D eigenvalue weighted by atomic mass is 10.2. The van der Waals surface area contributed by atoms with Crippen LogP contribution >= 0.6 is 0 Å². The first kappa shape index (κ1) is 19.4. The number of rotatable bonds is 6. The highest BCUT2D eigenvalue weighted by molar-refractivity contribution is 6.04. The van der Waals surface area contributed by atoms with E-state index in [4.69, 9.17) is 4.74 Å². The van der Waals surface area contributed by atoms with E-state index in [1.807, 2.05) is 68.4 Å². The molecule has 0 aliphatic carbocycles. The Morgan fingerprint density at radius 2 is 1.70 bits per heavy atom. The molecular weight excluding hydrogens is 376 g/mol. The van der Waals surface area contributed by atoms with Gasteiger partial charge in [0.1, 0.15) is 11.4 Å². The summed E-state index contributed by atoms with van der Waals surface area (Å²) < 4.78 is 5.77. The van der Waals surface area contributed by atoms with E-state index in [-0.39, 0.29) is 12.0 Å². The molecule has 0 radical (unpaired) electrons. The number of hydrogen-bond donors (Lipinski definition) is 2. The van der Waals surface area contributed by atoms with E-state index in [9.17, 15) is 4.79 Å². The minimum Gasteiger partial charge on any atom is -0.489 e. The van der Waals surface area contributed by atoms with Gasteiger partial charge in [0, 0.05) is 23.5 Å². The first-order valence-electron chi connectivity index (χ1n) is 9.74. The zero-order valence-electron chi connectivity index (χ0n) is 16.8. The highest BCUT2D eigenvalue weighted by Gasteiger charge is 2.13. The van der Waals surface area contributed by atoms with Gasteiger partial charge in [0.05, 0.1) is 23.0 Å². The highest BCUT2D eigenvalue weighted by atomic mass is 16.5. The van der Waals surface area contributed by atoms with Crippen molar-refractivity contribution in [1.82, 2.24) is 9.97 Å². The van der Waals surface area contributed by atoms with E-state index in [0.717, 1.165) is 22.3 Å². The van der Waals surface area contributed by atoms with E-state index in [1.165, 1.54) is 0 Å². The lowest BCUT2D eigenvalue weighted by Crippen LogP contribution is -2.15. The fraction of sp³-hybridized carbons (Fsp3) is 0.125. The predicted octanol–water partition coefficient (Wildman–Crippen LogP) is 5.41. The second-order valence-electron chi connectivity index (χ2n) is 7.05. The van der Waals surface area contributed by atoms with Crippen LogP contribution in [0, 0.1) is 0 Å². The molecule has 2 aromatic carbocycles. The molecule has 0 unspecified atom stereocenters. The number of carbonyl (C=O) groups excluding carboxylic acids is 1. The second-order valence-corrected chi connectivity index (χ2v) is 7.05. The van der Waals surface area contributed by atoms with Crippen molar-refractivity contribution in [3.05, 3.63) is 84.8 Å². The summed E-state index contributed by atoms with van der Waals surface area (Å²) in [7, 11) is 0. The van der Waals surface area contributed by atoms with Crippen molar-refractivity contribution in [3.8, 4) is 5.75 Å². The predicted molar refractivity (Wildman–Crippen MR) is 119 cm³/mol. The van der Waals surface area contributed by atoms with Gasteiger partial charge in [0.2, 0.25) is 0 Å². The molecule has 0 spiro atoms. The average molecular weight is 398 g/mol. The molecule has 6 heteroatoms. The summed E-state index contributed by atoms with van der Waals surface area (Å²) >= 11 is 0. The van der Waals surface area contributed by atoms with Crippen molar-refractivity contribution in [3.63, 3.8) is 0 Å². The minimum absolute atomic E-state index is 0.00279. The molecule has 6 nitrogen and oxygen atoms in total. The molecule has 2 N–H and O–H groups in total. The molecule has 0 bridgehead atoms. The fourth-order valence-electron chi connectivity index (χ4n) is 3.11. The quantitative estimate of drug-likeness (QED) is 0.454. The number of hydrogen-bond acceptors (Lipinski definition) is 5. The third kappa shape index (κ3) is 4.38. The molecule has 2 aromatic heterocycles. The van der Waals surface area contributed by atoms with E-state index in [1.54, 1.807) is 24.5 Å². The molecule has 0 saturated heterocycles. The van der Waals surface area contributed by atoms with Crippen LogP contribution in [0.1, 0.15) is 24.3 Å². The van der Waals surface area contributed by atoms with Crippen LogP contribution in [-0.2, 0) is 0 Å². The zero-order valence-corrected chi connectivity index (χ0v) is 16.8. The summed E-state index contributed by atoms with van der Waals surface area (Å²) in [5.41, 5.74) is 3.38. The van der Waals surface area contributed by atoms with Gasteiger partial charge in [-0.1, -0.05) is 30.3 Å². The Kier molecular flexibility index (Phi) is 5.57. The molecule has 0 aliphatic rings. The Bertz CT molecular complexity index is 1190. The maximum absolute atomic E-state index is 12.8. The number of nitrogens with one attached hydrogen (secondary N) is 2. The van der Waals surface area contributed by atoms with Crippen molar-refractivity contribution in [2.45, 2.75) is 20.0 Å². The van der Waals surface area contributed by atoms with Crippen molar-refractivity contribution in [2.24, 2.45) is 0 Å². The zero-order chi connectivity index (χ0) is 20.9. The molecule has 4 aromatic rings. The van der Waals surface area contributed by atoms with Gasteiger partial charge in [0.15, 0.2) is 0 Å². The van der Waals surface area contributed by atoms with Gasteiger partial charge in [-0.05, 0) is 50.2 Å². The first-order valence-corrected chi connectivity index (χ1v) is 9.74. The van der Waals surface area contributed by atoms with Gasteiger partial charge in [0.25, 0.3) is 5.91 Å². The fourth-order valence-corrected chi connectivity index (χ4v) is 3.11. The average Bonchev–Trinajstić information content (AvgIpc) is 2.75. The van der Waals surface area contributed by atoms with Crippen LogP contribution in [-0.4, -0.2) is 22.0 Å². The van der Waals surface area contributed by atoms with Crippen LogP contribution in [0.5, 0.6) is 5.75 Å². The number of fused-ring (bicyclic) bond motifs is 1. The lowest BCUT2D eigenvalue weighted by Gasteiger charge is -2.15. The number of ether oxygens (including phenoxy) is 1. The van der Waals surface area contributed by atoms with Crippen LogP contribution < -0.4 is 15.4 Å². The van der Waals surface area contributed by atoms with Crippen LogP contribution in [0.2, 0.25) is 0 Å². The normalized spacial score (nSPS) is 10.8. The first-order chi connectivity index (χ1) is 14.6. The molecule has 4 rings (SSSR count). The summed E-state index contributed by atoms with van der Waals surface area (Å²) in [5, 5.41) is 7.26. The highest BCUT2D eigenvalue weighted by Crippen LogP contribution is 2.27. The molecule has 150 valence electrons. The molecule has 0 atom stereocenters. The number of amides is 1. The molecule has 0 fully saturated rings. The Morgan fingerprint density at radius 1 is 0.900 bits per heavy atom. The maximum Gasteiger partial charge on any atom is 0.274 e. The van der Waals surface area contributed by atoms with Crippen LogP contribution in [0.25, 0.3) is 10.9 Å². The standard InChI is InChI=1S/C24H22N4O2/c1-16(2)30-22-11-4-3-9-19(22)28-24(29)21-15-18(12-14-25-21)27-20-10-5-7-17-8-6-13-26-23(17)20/h3-16H,1-2H3,(H,25,27)(H,28,29). The number of carbonyl (C=O) groups is 1. The number of anilines is 3. The van der Waals surface area contributed by atoms with Crippen molar-refractivity contribution in [1.29, 1.82) is 0 Å². The van der Waals surface area contributed by atoms with Gasteiger partial charge in [-0.15, -0.1) is 0 Å². The molecule has 0 saturated carbocycles. The van der Waals surface area contributed by atoms with E-state index < -0.39 is 0 Å². The van der Waals surface area contributed by atoms with Crippen molar-refractivity contribution < 1.29 is 9.53 Å². The third-order valence-electron chi connectivity index (χ3n) is 4.40. The van der Waals surface area contributed by atoms with Gasteiger partial charge in [-0.25, -0.2) is 0 Å². The van der Waals surface area contributed by atoms with Gasteiger partial charge >= 0.3 is 0 Å². The Balaban J connectivity index is 1.56. The Hall–Kier alpha value is -3.93. The van der Waals surface area contributed by atoms with Crippen molar-refractivity contribution >= 4 is 33.9 Å². The number of benzene rings is 2. The van der Waals surface area contributed by atoms with Gasteiger partial charge in [-0.3, -0.25) is 14.8 Å². The number of pyridine rings is 2. The monoisotopic (exact) mass is 398 g/mol. The van der Waals surface area contributed by atoms with Crippen LogP contribution in [0.3, 0.4) is 0 Å². The van der Waals surface area contributed by atoms with E-state index in [0.29, 0.717) is 17.1 Å². The van der Waals surface area contributed by atoms with Crippen molar-refractivity contribution in [2.75, 3.05) is 10.6 Å². The smallest absolute Gasteiger partial charge is 0.274 e. The summed E-state index contributed by atoms with van der Waals surface area (Å²) in [6.07, 6.45) is 3.37. The lowest BCUT2D eigenvalue weighted by molar-refractivity contribution is 0.102. The summed E-state index contributed by atoms with van der Waals surface area (Å²) in [6, 6.07) is 20.7. The topological polar surface area (TPSA) is 76.1 Å². The van der Waals surface area contributed by atoms with Crippen LogP contribution in [0.15, 0.2) is 79.1 Å². The largest absolute Gasteiger partial charge is 0.489 e. The Morgan fingerprint density at radius 3 is 2.57 bits per heavy atom. The number of para-hydroxylation sites is 3. The summed E-state index contributed by atoms with van der Waals surface area (Å²) in [5.74, 6) is 0.312. The molecule has 30 heavy (non-hydrogen) atoms. The third-order valence-corrected chi connectivity index (χ3v) is 4.40. The number of aromatic nitrogens is 2. The molecule has 2 heterocycles. The van der Waals surface area contributed by atoms with E-state index >= 15 is 0 Å². The molecule has 1 amide bonds. The number of nitrogens with zero attached hydrogens (tertiary/aromatic N) is 2. The Labute approximate surface area is 175 Å².